The molecule has 1 heterocycles. The summed E-state index contributed by atoms with van der Waals surface area (Å²) in [7, 11) is 0. The van der Waals surface area contributed by atoms with Crippen LogP contribution in [0.25, 0.3) is 0 Å². The summed E-state index contributed by atoms with van der Waals surface area (Å²) < 4.78 is 19.8. The van der Waals surface area contributed by atoms with Gasteiger partial charge in [0, 0.05) is 17.8 Å². The third kappa shape index (κ3) is 7.01. The van der Waals surface area contributed by atoms with Gasteiger partial charge >= 0.3 is 5.97 Å². The molecule has 0 aliphatic carbocycles. The summed E-state index contributed by atoms with van der Waals surface area (Å²) in [6.45, 7) is 7.56. The van der Waals surface area contributed by atoms with Crippen LogP contribution in [0.3, 0.4) is 0 Å². The summed E-state index contributed by atoms with van der Waals surface area (Å²) in [6, 6.07) is 31.4. The largest absolute Gasteiger partial charge is 0.463 e. The molecule has 8 heteroatoms. The van der Waals surface area contributed by atoms with E-state index in [1.807, 2.05) is 87.5 Å². The number of amides is 2. The predicted octanol–water partition coefficient (Wildman–Crippen LogP) is 6.89. The van der Waals surface area contributed by atoms with Crippen LogP contribution >= 0.6 is 0 Å². The van der Waals surface area contributed by atoms with Gasteiger partial charge in [0.15, 0.2) is 0 Å². The maximum atomic E-state index is 15.0. The van der Waals surface area contributed by atoms with Crippen molar-refractivity contribution in [1.29, 1.82) is 0 Å². The van der Waals surface area contributed by atoms with E-state index in [0.717, 1.165) is 5.56 Å². The lowest BCUT2D eigenvalue weighted by Gasteiger charge is -2.36. The number of carbonyl (C=O) groups is 3. The molecule has 1 N–H and O–H groups in total. The molecule has 0 spiro atoms. The van der Waals surface area contributed by atoms with Gasteiger partial charge in [-0.2, -0.15) is 0 Å². The molecule has 2 unspecified atom stereocenters. The van der Waals surface area contributed by atoms with Crippen molar-refractivity contribution in [3.8, 4) is 0 Å². The van der Waals surface area contributed by atoms with Crippen LogP contribution in [-0.2, 0) is 25.7 Å². The first kappa shape index (κ1) is 32.2. The molecule has 0 saturated heterocycles. The molecule has 2 amide bonds. The first-order chi connectivity index (χ1) is 22.1. The number of para-hydroxylation sites is 1. The Balaban J connectivity index is 1.82. The van der Waals surface area contributed by atoms with E-state index in [4.69, 9.17) is 4.74 Å². The predicted molar refractivity (Wildman–Crippen MR) is 176 cm³/mol. The summed E-state index contributed by atoms with van der Waals surface area (Å²) in [5, 5.41) is 3.10. The number of benzene rings is 4. The van der Waals surface area contributed by atoms with Crippen molar-refractivity contribution < 1.29 is 23.5 Å². The molecule has 4 aromatic carbocycles. The van der Waals surface area contributed by atoms with E-state index < -0.39 is 35.3 Å². The first-order valence-electron chi connectivity index (χ1n) is 15.3. The molecule has 0 radical (unpaired) electrons. The fraction of sp³-hybridized carbons (Fsp3) is 0.237. The van der Waals surface area contributed by atoms with Gasteiger partial charge in [0.25, 0.3) is 5.91 Å². The fourth-order valence-corrected chi connectivity index (χ4v) is 5.74. The van der Waals surface area contributed by atoms with E-state index in [1.165, 1.54) is 17.0 Å². The second-order valence-electron chi connectivity index (χ2n) is 12.1. The lowest BCUT2D eigenvalue weighted by molar-refractivity contribution is -0.139. The fourth-order valence-electron chi connectivity index (χ4n) is 5.74. The zero-order valence-electron chi connectivity index (χ0n) is 26.4. The van der Waals surface area contributed by atoms with Crippen molar-refractivity contribution in [2.45, 2.75) is 51.9 Å². The van der Waals surface area contributed by atoms with Crippen LogP contribution in [0.15, 0.2) is 127 Å². The van der Waals surface area contributed by atoms with E-state index in [0.29, 0.717) is 16.8 Å². The number of nitrogens with zero attached hydrogens (tertiary/aromatic N) is 2. The molecule has 4 aromatic rings. The molecule has 0 fully saturated rings. The van der Waals surface area contributed by atoms with Crippen molar-refractivity contribution in [3.63, 3.8) is 0 Å². The minimum atomic E-state index is -1.01. The van der Waals surface area contributed by atoms with Crippen LogP contribution in [-0.4, -0.2) is 34.8 Å². The van der Waals surface area contributed by atoms with Crippen LogP contribution in [0.5, 0.6) is 0 Å². The second-order valence-corrected chi connectivity index (χ2v) is 12.1. The topological polar surface area (TPSA) is 79.0 Å². The Morgan fingerprint density at radius 2 is 1.43 bits per heavy atom. The maximum Gasteiger partial charge on any atom is 0.338 e. The highest BCUT2D eigenvalue weighted by atomic mass is 19.1. The lowest BCUT2D eigenvalue weighted by Crippen LogP contribution is -2.48. The van der Waals surface area contributed by atoms with Gasteiger partial charge in [-0.3, -0.25) is 14.5 Å². The average molecular weight is 620 g/mol. The number of ether oxygens (including phenoxy) is 1. The van der Waals surface area contributed by atoms with E-state index >= 15 is 0 Å². The second kappa shape index (κ2) is 13.8. The molecule has 1 aliphatic rings. The smallest absolute Gasteiger partial charge is 0.338 e. The lowest BCUT2D eigenvalue weighted by atomic mass is 9.96. The van der Waals surface area contributed by atoms with Crippen LogP contribution in [0, 0.1) is 5.82 Å². The Kier molecular flexibility index (Phi) is 9.66. The summed E-state index contributed by atoms with van der Waals surface area (Å²) in [4.78, 5) is 46.6. The zero-order chi connectivity index (χ0) is 32.8. The Bertz CT molecular complexity index is 1700. The van der Waals surface area contributed by atoms with Gasteiger partial charge in [0.2, 0.25) is 5.91 Å². The third-order valence-corrected chi connectivity index (χ3v) is 7.58. The minimum Gasteiger partial charge on any atom is -0.463 e. The molecule has 5 rings (SSSR count). The summed E-state index contributed by atoms with van der Waals surface area (Å²) >= 11 is 0. The molecule has 0 bridgehead atoms. The SMILES string of the molecule is CCOC(=O)C1=C(N(Cc2ccccc2)C(C(=O)NC(C)(C)C)c2ccccc2)C(=O)N(c2ccccc2)C1c1ccc(F)cc1. The maximum absolute atomic E-state index is 15.0. The summed E-state index contributed by atoms with van der Waals surface area (Å²) in [6.07, 6.45) is 0. The highest BCUT2D eigenvalue weighted by Crippen LogP contribution is 2.45. The van der Waals surface area contributed by atoms with Crippen molar-refractivity contribution in [2.75, 3.05) is 11.5 Å². The molecule has 7 nitrogen and oxygen atoms in total. The molecular formula is C38H38FN3O4. The Hall–Kier alpha value is -5.24. The molecule has 0 saturated carbocycles. The standard InChI is InChI=1S/C38H38FN3O4/c1-5-46-37(45)31-32(28-21-23-29(39)24-22-28)42(30-19-13-8-14-20-30)36(44)34(31)41(25-26-15-9-6-10-16-26)33(27-17-11-7-12-18-27)35(43)40-38(2,3)4/h6-24,32-33H,5,25H2,1-4H3,(H,40,43). The Morgan fingerprint density at radius 1 is 0.870 bits per heavy atom. The van der Waals surface area contributed by atoms with Gasteiger partial charge in [-0.05, 0) is 68.7 Å². The Labute approximate surface area is 269 Å². The van der Waals surface area contributed by atoms with E-state index in [1.54, 1.807) is 48.2 Å². The van der Waals surface area contributed by atoms with Crippen LogP contribution in [0.1, 0.15) is 56.5 Å². The highest BCUT2D eigenvalue weighted by molar-refractivity contribution is 6.16. The van der Waals surface area contributed by atoms with Gasteiger partial charge < -0.3 is 15.0 Å². The number of anilines is 1. The third-order valence-electron chi connectivity index (χ3n) is 7.58. The van der Waals surface area contributed by atoms with Crippen molar-refractivity contribution in [3.05, 3.63) is 149 Å². The van der Waals surface area contributed by atoms with Gasteiger partial charge in [0.05, 0.1) is 18.2 Å². The molecule has 2 atom stereocenters. The summed E-state index contributed by atoms with van der Waals surface area (Å²) in [5.74, 6) is -1.96. The molecule has 0 aromatic heterocycles. The number of rotatable bonds is 10. The van der Waals surface area contributed by atoms with Crippen molar-refractivity contribution in [1.82, 2.24) is 10.2 Å². The monoisotopic (exact) mass is 619 g/mol. The summed E-state index contributed by atoms with van der Waals surface area (Å²) in [5.41, 5.74) is 2.04. The van der Waals surface area contributed by atoms with Crippen LogP contribution < -0.4 is 10.2 Å². The number of hydrogen-bond donors (Lipinski definition) is 1. The number of carbonyl (C=O) groups excluding carboxylic acids is 3. The van der Waals surface area contributed by atoms with Gasteiger partial charge in [0.1, 0.15) is 17.6 Å². The van der Waals surface area contributed by atoms with Crippen LogP contribution in [0.2, 0.25) is 0 Å². The number of halogens is 1. The van der Waals surface area contributed by atoms with Crippen molar-refractivity contribution in [2.24, 2.45) is 0 Å². The zero-order valence-corrected chi connectivity index (χ0v) is 26.4. The van der Waals surface area contributed by atoms with Gasteiger partial charge in [-0.1, -0.05) is 91.0 Å². The molecule has 46 heavy (non-hydrogen) atoms. The molecular weight excluding hydrogens is 581 g/mol. The minimum absolute atomic E-state index is 0.0402. The average Bonchev–Trinajstić information content (AvgIpc) is 3.34. The number of esters is 1. The Morgan fingerprint density at radius 3 is 2.00 bits per heavy atom. The number of nitrogens with one attached hydrogen (secondary N) is 1. The molecule has 236 valence electrons. The van der Waals surface area contributed by atoms with Gasteiger partial charge in [-0.15, -0.1) is 0 Å². The highest BCUT2D eigenvalue weighted by Gasteiger charge is 2.49. The molecule has 1 aliphatic heterocycles. The van der Waals surface area contributed by atoms with E-state index in [9.17, 15) is 18.8 Å². The van der Waals surface area contributed by atoms with Gasteiger partial charge in [-0.25, -0.2) is 9.18 Å². The van der Waals surface area contributed by atoms with Crippen molar-refractivity contribution >= 4 is 23.5 Å². The normalized spacial score (nSPS) is 15.5. The van der Waals surface area contributed by atoms with E-state index in [2.05, 4.69) is 5.32 Å². The van der Waals surface area contributed by atoms with Crippen LogP contribution in [0.4, 0.5) is 10.1 Å². The number of hydrogen-bond acceptors (Lipinski definition) is 5. The first-order valence-corrected chi connectivity index (χ1v) is 15.3. The quantitative estimate of drug-likeness (QED) is 0.196. The van der Waals surface area contributed by atoms with E-state index in [-0.39, 0.29) is 30.3 Å².